The SMILES string of the molecule is CCOC(=O)CN(C)CCC(Oc1ccc(C(=O)c2ccccc2)cc1)c1ccccc1. The first-order chi connectivity index (χ1) is 15.6. The highest BCUT2D eigenvalue weighted by Gasteiger charge is 2.16. The third-order valence-corrected chi connectivity index (χ3v) is 5.08. The van der Waals surface area contributed by atoms with Crippen LogP contribution < -0.4 is 4.74 Å². The van der Waals surface area contributed by atoms with Gasteiger partial charge in [0, 0.05) is 24.1 Å². The van der Waals surface area contributed by atoms with Crippen LogP contribution >= 0.6 is 0 Å². The van der Waals surface area contributed by atoms with Gasteiger partial charge in [-0.25, -0.2) is 0 Å². The Bertz CT molecular complexity index is 987. The largest absolute Gasteiger partial charge is 0.486 e. The molecular weight excluding hydrogens is 402 g/mol. The summed E-state index contributed by atoms with van der Waals surface area (Å²) < 4.78 is 11.3. The van der Waals surface area contributed by atoms with Gasteiger partial charge in [-0.15, -0.1) is 0 Å². The lowest BCUT2D eigenvalue weighted by Gasteiger charge is -2.23. The summed E-state index contributed by atoms with van der Waals surface area (Å²) in [6.45, 7) is 3.09. The highest BCUT2D eigenvalue weighted by molar-refractivity contribution is 6.08. The minimum absolute atomic E-state index is 0.0163. The van der Waals surface area contributed by atoms with Crippen molar-refractivity contribution < 1.29 is 19.1 Å². The number of ketones is 1. The molecule has 0 spiro atoms. The number of benzene rings is 3. The van der Waals surface area contributed by atoms with Crippen molar-refractivity contribution in [3.8, 4) is 5.75 Å². The first-order valence-electron chi connectivity index (χ1n) is 10.8. The number of ether oxygens (including phenoxy) is 2. The molecule has 0 fully saturated rings. The molecule has 0 saturated heterocycles. The van der Waals surface area contributed by atoms with Crippen molar-refractivity contribution in [1.29, 1.82) is 0 Å². The molecule has 0 aliphatic carbocycles. The quantitative estimate of drug-likeness (QED) is 0.319. The van der Waals surface area contributed by atoms with Gasteiger partial charge in [0.25, 0.3) is 0 Å². The van der Waals surface area contributed by atoms with Crippen LogP contribution in [0.2, 0.25) is 0 Å². The van der Waals surface area contributed by atoms with Gasteiger partial charge in [0.1, 0.15) is 11.9 Å². The van der Waals surface area contributed by atoms with Crippen LogP contribution in [0.4, 0.5) is 0 Å². The zero-order valence-corrected chi connectivity index (χ0v) is 18.6. The average molecular weight is 432 g/mol. The molecule has 1 atom stereocenters. The Morgan fingerprint density at radius 1 is 0.844 bits per heavy atom. The molecule has 166 valence electrons. The maximum atomic E-state index is 12.6. The first kappa shape index (κ1) is 23.2. The maximum absolute atomic E-state index is 12.6. The zero-order chi connectivity index (χ0) is 22.8. The molecule has 5 heteroatoms. The second-order valence-electron chi connectivity index (χ2n) is 7.57. The summed E-state index contributed by atoms with van der Waals surface area (Å²) in [5.74, 6) is 0.444. The van der Waals surface area contributed by atoms with E-state index in [1.54, 1.807) is 19.1 Å². The first-order valence-corrected chi connectivity index (χ1v) is 10.8. The normalized spacial score (nSPS) is 11.7. The van der Waals surface area contributed by atoms with Gasteiger partial charge in [0.2, 0.25) is 0 Å². The van der Waals surface area contributed by atoms with Crippen LogP contribution in [0.25, 0.3) is 0 Å². The van der Waals surface area contributed by atoms with E-state index in [0.29, 0.717) is 36.4 Å². The predicted octanol–water partition coefficient (Wildman–Crippen LogP) is 4.92. The number of hydrogen-bond acceptors (Lipinski definition) is 5. The summed E-state index contributed by atoms with van der Waals surface area (Å²) in [5, 5.41) is 0. The molecule has 0 aliphatic rings. The molecule has 0 N–H and O–H groups in total. The summed E-state index contributed by atoms with van der Waals surface area (Å²) in [6, 6.07) is 26.5. The summed E-state index contributed by atoms with van der Waals surface area (Å²) in [7, 11) is 1.89. The van der Waals surface area contributed by atoms with Gasteiger partial charge in [0.15, 0.2) is 5.78 Å². The minimum atomic E-state index is -0.231. The second-order valence-corrected chi connectivity index (χ2v) is 7.57. The molecule has 0 heterocycles. The standard InChI is InChI=1S/C27H29NO4/c1-3-31-26(29)20-28(2)19-18-25(21-10-6-4-7-11-21)32-24-16-14-23(15-17-24)27(30)22-12-8-5-9-13-22/h4-17,25H,3,18-20H2,1-2H3. The third kappa shape index (κ3) is 6.79. The topological polar surface area (TPSA) is 55.8 Å². The van der Waals surface area contributed by atoms with Crippen molar-refractivity contribution in [3.63, 3.8) is 0 Å². The Labute approximate surface area is 189 Å². The third-order valence-electron chi connectivity index (χ3n) is 5.08. The van der Waals surface area contributed by atoms with Crippen molar-refractivity contribution in [2.24, 2.45) is 0 Å². The molecule has 0 bridgehead atoms. The lowest BCUT2D eigenvalue weighted by atomic mass is 10.0. The number of likely N-dealkylation sites (N-methyl/N-ethyl adjacent to an activating group) is 1. The van der Waals surface area contributed by atoms with Crippen LogP contribution in [0.5, 0.6) is 5.75 Å². The highest BCUT2D eigenvalue weighted by atomic mass is 16.5. The Hall–Kier alpha value is -3.44. The van der Waals surface area contributed by atoms with Gasteiger partial charge in [-0.3, -0.25) is 14.5 Å². The summed E-state index contributed by atoms with van der Waals surface area (Å²) >= 11 is 0. The Balaban J connectivity index is 1.67. The lowest BCUT2D eigenvalue weighted by Crippen LogP contribution is -2.29. The van der Waals surface area contributed by atoms with E-state index in [-0.39, 0.29) is 24.4 Å². The van der Waals surface area contributed by atoms with Gasteiger partial charge in [-0.1, -0.05) is 60.7 Å². The van der Waals surface area contributed by atoms with Gasteiger partial charge in [-0.2, -0.15) is 0 Å². The van der Waals surface area contributed by atoms with Crippen LogP contribution in [-0.4, -0.2) is 43.4 Å². The van der Waals surface area contributed by atoms with Crippen molar-refractivity contribution in [2.75, 3.05) is 26.7 Å². The molecule has 1 unspecified atom stereocenters. The molecular formula is C27H29NO4. The summed E-state index contributed by atoms with van der Waals surface area (Å²) in [4.78, 5) is 26.3. The number of rotatable bonds is 11. The molecule has 0 amide bonds. The number of carbonyl (C=O) groups excluding carboxylic acids is 2. The van der Waals surface area contributed by atoms with E-state index in [0.717, 1.165) is 5.56 Å². The van der Waals surface area contributed by atoms with Gasteiger partial charge < -0.3 is 9.47 Å². The molecule has 3 rings (SSSR count). The molecule has 0 radical (unpaired) electrons. The van der Waals surface area contributed by atoms with Crippen molar-refractivity contribution >= 4 is 11.8 Å². The van der Waals surface area contributed by atoms with E-state index in [9.17, 15) is 9.59 Å². The lowest BCUT2D eigenvalue weighted by molar-refractivity contribution is -0.144. The molecule has 3 aromatic carbocycles. The number of hydrogen-bond donors (Lipinski definition) is 0. The molecule has 0 saturated carbocycles. The van der Waals surface area contributed by atoms with Crippen LogP contribution in [0, 0.1) is 0 Å². The molecule has 0 aliphatic heterocycles. The van der Waals surface area contributed by atoms with E-state index in [4.69, 9.17) is 9.47 Å². The Kier molecular flexibility index (Phi) is 8.58. The fourth-order valence-corrected chi connectivity index (χ4v) is 3.41. The van der Waals surface area contributed by atoms with Gasteiger partial charge >= 0.3 is 5.97 Å². The average Bonchev–Trinajstić information content (AvgIpc) is 2.83. The second kappa shape index (κ2) is 11.8. The van der Waals surface area contributed by atoms with Crippen LogP contribution in [0.1, 0.15) is 40.9 Å². The maximum Gasteiger partial charge on any atom is 0.320 e. The fraction of sp³-hybridized carbons (Fsp3) is 0.259. The van der Waals surface area contributed by atoms with E-state index in [2.05, 4.69) is 0 Å². The van der Waals surface area contributed by atoms with E-state index >= 15 is 0 Å². The van der Waals surface area contributed by atoms with Crippen LogP contribution in [0.15, 0.2) is 84.9 Å². The zero-order valence-electron chi connectivity index (χ0n) is 18.6. The van der Waals surface area contributed by atoms with Crippen molar-refractivity contribution in [3.05, 3.63) is 102 Å². The molecule has 3 aromatic rings. The molecule has 0 aromatic heterocycles. The highest BCUT2D eigenvalue weighted by Crippen LogP contribution is 2.26. The van der Waals surface area contributed by atoms with E-state index < -0.39 is 0 Å². The van der Waals surface area contributed by atoms with Crippen molar-refractivity contribution in [1.82, 2.24) is 4.90 Å². The number of nitrogens with zero attached hydrogens (tertiary/aromatic N) is 1. The monoisotopic (exact) mass is 431 g/mol. The smallest absolute Gasteiger partial charge is 0.320 e. The summed E-state index contributed by atoms with van der Waals surface area (Å²) in [6.07, 6.45) is 0.515. The van der Waals surface area contributed by atoms with Gasteiger partial charge in [0.05, 0.1) is 13.2 Å². The van der Waals surface area contributed by atoms with Crippen LogP contribution in [-0.2, 0) is 9.53 Å². The van der Waals surface area contributed by atoms with E-state index in [1.165, 1.54) is 0 Å². The fourth-order valence-electron chi connectivity index (χ4n) is 3.41. The molecule has 5 nitrogen and oxygen atoms in total. The summed E-state index contributed by atoms with van der Waals surface area (Å²) in [5.41, 5.74) is 2.34. The van der Waals surface area contributed by atoms with Gasteiger partial charge in [-0.05, 0) is 43.8 Å². The minimum Gasteiger partial charge on any atom is -0.486 e. The predicted molar refractivity (Wildman–Crippen MR) is 125 cm³/mol. The Morgan fingerprint density at radius 2 is 1.44 bits per heavy atom. The van der Waals surface area contributed by atoms with Crippen molar-refractivity contribution in [2.45, 2.75) is 19.4 Å². The van der Waals surface area contributed by atoms with Crippen LogP contribution in [0.3, 0.4) is 0 Å². The number of carbonyl (C=O) groups is 2. The Morgan fingerprint density at radius 3 is 2.06 bits per heavy atom. The molecule has 32 heavy (non-hydrogen) atoms. The number of esters is 1. The van der Waals surface area contributed by atoms with E-state index in [1.807, 2.05) is 84.7 Å².